The Labute approximate surface area is 121 Å². The fraction of sp³-hybridized carbons (Fsp3) is 0.154. The van der Waals surface area contributed by atoms with Gasteiger partial charge in [-0.2, -0.15) is 0 Å². The van der Waals surface area contributed by atoms with Crippen LogP contribution in [0.1, 0.15) is 16.6 Å². The minimum absolute atomic E-state index is 0.0198. The van der Waals surface area contributed by atoms with Gasteiger partial charge in [-0.3, -0.25) is 4.31 Å². The number of anilines is 1. The molecular weight excluding hydrogens is 298 g/mol. The first-order chi connectivity index (χ1) is 9.48. The molecule has 0 aliphatic rings. The van der Waals surface area contributed by atoms with E-state index in [4.69, 9.17) is 5.11 Å². The Morgan fingerprint density at radius 2 is 1.90 bits per heavy atom. The van der Waals surface area contributed by atoms with Crippen molar-refractivity contribution < 1.29 is 18.3 Å². The summed E-state index contributed by atoms with van der Waals surface area (Å²) in [4.78, 5) is 11.3. The molecule has 2 rings (SSSR count). The molecule has 0 amide bonds. The van der Waals surface area contributed by atoms with Crippen LogP contribution in [0.25, 0.3) is 0 Å². The average molecular weight is 311 g/mol. The lowest BCUT2D eigenvalue weighted by Crippen LogP contribution is -2.31. The highest BCUT2D eigenvalue weighted by atomic mass is 32.2. The molecule has 0 aliphatic carbocycles. The number of sulfonamides is 1. The Kier molecular flexibility index (Phi) is 4.10. The number of rotatable bonds is 5. The molecular formula is C13H13NO4S2. The van der Waals surface area contributed by atoms with Gasteiger partial charge in [-0.05, 0) is 30.5 Å². The summed E-state index contributed by atoms with van der Waals surface area (Å²) in [5, 5.41) is 10.7. The highest BCUT2D eigenvalue weighted by molar-refractivity contribution is 7.92. The van der Waals surface area contributed by atoms with E-state index in [-0.39, 0.29) is 22.0 Å². The van der Waals surface area contributed by atoms with Gasteiger partial charge in [0.05, 0.1) is 10.6 Å². The van der Waals surface area contributed by atoms with Crippen molar-refractivity contribution >= 4 is 33.0 Å². The molecule has 0 fully saturated rings. The zero-order valence-electron chi connectivity index (χ0n) is 10.7. The molecule has 0 bridgehead atoms. The summed E-state index contributed by atoms with van der Waals surface area (Å²) < 4.78 is 26.3. The molecule has 2 aromatic rings. The van der Waals surface area contributed by atoms with Crippen molar-refractivity contribution in [3.05, 3.63) is 46.7 Å². The fourth-order valence-electron chi connectivity index (χ4n) is 1.85. The van der Waals surface area contributed by atoms with Crippen molar-refractivity contribution in [3.63, 3.8) is 0 Å². The van der Waals surface area contributed by atoms with Crippen LogP contribution in [-0.4, -0.2) is 26.0 Å². The van der Waals surface area contributed by atoms with Crippen LogP contribution in [-0.2, 0) is 10.0 Å². The molecule has 0 atom stereocenters. The fourth-order valence-corrected chi connectivity index (χ4v) is 4.15. The summed E-state index contributed by atoms with van der Waals surface area (Å²) in [7, 11) is -3.75. The first kappa shape index (κ1) is 14.5. The number of aromatic carboxylic acids is 1. The summed E-state index contributed by atoms with van der Waals surface area (Å²) in [5.74, 6) is -1.13. The number of carboxylic acid groups (broad SMARTS) is 1. The van der Waals surface area contributed by atoms with Gasteiger partial charge >= 0.3 is 5.97 Å². The van der Waals surface area contributed by atoms with Crippen molar-refractivity contribution in [2.75, 3.05) is 10.8 Å². The Bertz CT molecular complexity index is 707. The van der Waals surface area contributed by atoms with Gasteiger partial charge in [0.25, 0.3) is 10.0 Å². The minimum atomic E-state index is -3.75. The Morgan fingerprint density at radius 3 is 2.45 bits per heavy atom. The quantitative estimate of drug-likeness (QED) is 0.921. The summed E-state index contributed by atoms with van der Waals surface area (Å²) in [5.41, 5.74) is 0.203. The molecule has 106 valence electrons. The van der Waals surface area contributed by atoms with E-state index in [9.17, 15) is 13.2 Å². The maximum absolute atomic E-state index is 12.6. The van der Waals surface area contributed by atoms with Gasteiger partial charge in [-0.1, -0.05) is 18.2 Å². The van der Waals surface area contributed by atoms with Crippen LogP contribution in [0.15, 0.2) is 46.7 Å². The standard InChI is InChI=1S/C13H13NO4S2/c1-2-14(11-8-9-19-12(11)13(15)16)20(17,18)10-6-4-3-5-7-10/h3-9H,2H2,1H3,(H,15,16). The number of carboxylic acids is 1. The second kappa shape index (κ2) is 5.64. The molecule has 5 nitrogen and oxygen atoms in total. The van der Waals surface area contributed by atoms with E-state index in [2.05, 4.69) is 0 Å². The first-order valence-corrected chi connectivity index (χ1v) is 8.19. The summed E-state index contributed by atoms with van der Waals surface area (Å²) >= 11 is 1.01. The Hall–Kier alpha value is -1.86. The van der Waals surface area contributed by atoms with Crippen LogP contribution in [0.4, 0.5) is 5.69 Å². The van der Waals surface area contributed by atoms with Gasteiger partial charge in [0.2, 0.25) is 0 Å². The summed E-state index contributed by atoms with van der Waals surface area (Å²) in [6.45, 7) is 1.83. The van der Waals surface area contributed by atoms with Gasteiger partial charge in [-0.25, -0.2) is 13.2 Å². The van der Waals surface area contributed by atoms with Crippen LogP contribution in [0.3, 0.4) is 0 Å². The maximum atomic E-state index is 12.6. The van der Waals surface area contributed by atoms with Gasteiger partial charge in [0.1, 0.15) is 4.88 Å². The summed E-state index contributed by atoms with van der Waals surface area (Å²) in [6, 6.07) is 9.48. The van der Waals surface area contributed by atoms with Crippen molar-refractivity contribution in [2.45, 2.75) is 11.8 Å². The van der Waals surface area contributed by atoms with Crippen molar-refractivity contribution in [1.29, 1.82) is 0 Å². The van der Waals surface area contributed by atoms with E-state index in [1.54, 1.807) is 30.5 Å². The molecule has 0 aliphatic heterocycles. The molecule has 1 N–H and O–H groups in total. The van der Waals surface area contributed by atoms with E-state index in [1.165, 1.54) is 18.2 Å². The van der Waals surface area contributed by atoms with E-state index >= 15 is 0 Å². The van der Waals surface area contributed by atoms with E-state index in [0.717, 1.165) is 15.6 Å². The number of thiophene rings is 1. The molecule has 0 unspecified atom stereocenters. The smallest absolute Gasteiger partial charge is 0.348 e. The monoisotopic (exact) mass is 311 g/mol. The molecule has 1 aromatic heterocycles. The third-order valence-corrected chi connectivity index (χ3v) is 5.52. The van der Waals surface area contributed by atoms with Gasteiger partial charge in [-0.15, -0.1) is 11.3 Å². The number of hydrogen-bond acceptors (Lipinski definition) is 4. The molecule has 0 saturated carbocycles. The van der Waals surface area contributed by atoms with Crippen LogP contribution in [0, 0.1) is 0 Å². The Balaban J connectivity index is 2.53. The molecule has 0 saturated heterocycles. The van der Waals surface area contributed by atoms with E-state index in [1.807, 2.05) is 0 Å². The van der Waals surface area contributed by atoms with E-state index in [0.29, 0.717) is 0 Å². The minimum Gasteiger partial charge on any atom is -0.477 e. The van der Waals surface area contributed by atoms with Crippen LogP contribution in [0.5, 0.6) is 0 Å². The SMILES string of the molecule is CCN(c1ccsc1C(=O)O)S(=O)(=O)c1ccccc1. The number of benzene rings is 1. The molecule has 1 heterocycles. The maximum Gasteiger partial charge on any atom is 0.348 e. The number of nitrogens with zero attached hydrogens (tertiary/aromatic N) is 1. The number of carbonyl (C=O) groups is 1. The second-order valence-electron chi connectivity index (χ2n) is 3.92. The molecule has 20 heavy (non-hydrogen) atoms. The predicted octanol–water partition coefficient (Wildman–Crippen LogP) is 2.66. The van der Waals surface area contributed by atoms with Crippen molar-refractivity contribution in [2.24, 2.45) is 0 Å². The topological polar surface area (TPSA) is 74.7 Å². The zero-order valence-corrected chi connectivity index (χ0v) is 12.3. The van der Waals surface area contributed by atoms with Gasteiger partial charge < -0.3 is 5.11 Å². The molecule has 0 radical (unpaired) electrons. The van der Waals surface area contributed by atoms with Crippen LogP contribution in [0.2, 0.25) is 0 Å². The highest BCUT2D eigenvalue weighted by Crippen LogP contribution is 2.30. The third-order valence-electron chi connectivity index (χ3n) is 2.73. The average Bonchev–Trinajstić information content (AvgIpc) is 2.89. The molecule has 0 spiro atoms. The normalized spacial score (nSPS) is 11.2. The largest absolute Gasteiger partial charge is 0.477 e. The van der Waals surface area contributed by atoms with Gasteiger partial charge in [0.15, 0.2) is 0 Å². The lowest BCUT2D eigenvalue weighted by molar-refractivity contribution is 0.0703. The number of hydrogen-bond donors (Lipinski definition) is 1. The second-order valence-corrected chi connectivity index (χ2v) is 6.70. The third kappa shape index (κ3) is 2.54. The van der Waals surface area contributed by atoms with Crippen molar-refractivity contribution in [1.82, 2.24) is 0 Å². The predicted molar refractivity (Wildman–Crippen MR) is 77.9 cm³/mol. The zero-order chi connectivity index (χ0) is 14.8. The van der Waals surface area contributed by atoms with Crippen molar-refractivity contribution in [3.8, 4) is 0 Å². The summed E-state index contributed by atoms with van der Waals surface area (Å²) in [6.07, 6.45) is 0. The molecule has 7 heteroatoms. The van der Waals surface area contributed by atoms with Crippen LogP contribution < -0.4 is 4.31 Å². The van der Waals surface area contributed by atoms with Gasteiger partial charge in [0, 0.05) is 6.54 Å². The highest BCUT2D eigenvalue weighted by Gasteiger charge is 2.27. The lowest BCUT2D eigenvalue weighted by atomic mass is 10.4. The lowest BCUT2D eigenvalue weighted by Gasteiger charge is -2.22. The van der Waals surface area contributed by atoms with E-state index < -0.39 is 16.0 Å². The van der Waals surface area contributed by atoms with Crippen LogP contribution >= 0.6 is 11.3 Å². The Morgan fingerprint density at radius 1 is 1.25 bits per heavy atom. The molecule has 1 aromatic carbocycles. The first-order valence-electron chi connectivity index (χ1n) is 5.87.